The predicted octanol–water partition coefficient (Wildman–Crippen LogP) is 2.60. The van der Waals surface area contributed by atoms with Crippen LogP contribution < -0.4 is 0 Å². The highest BCUT2D eigenvalue weighted by Gasteiger charge is 2.44. The molecule has 1 heterocycles. The fourth-order valence-electron chi connectivity index (χ4n) is 2.74. The van der Waals surface area contributed by atoms with Crippen molar-refractivity contribution in [3.8, 4) is 0 Å². The lowest BCUT2D eigenvalue weighted by Gasteiger charge is -2.21. The zero-order chi connectivity index (χ0) is 7.90. The average molecular weight is 154 g/mol. The molecule has 0 N–H and O–H groups in total. The zero-order valence-corrected chi connectivity index (χ0v) is 7.60. The van der Waals surface area contributed by atoms with E-state index in [0.717, 1.165) is 18.4 Å². The van der Waals surface area contributed by atoms with E-state index >= 15 is 0 Å². The van der Waals surface area contributed by atoms with Crippen LogP contribution in [0, 0.1) is 11.8 Å². The number of hydrogen-bond donors (Lipinski definition) is 0. The summed E-state index contributed by atoms with van der Waals surface area (Å²) in [5, 5.41) is 0. The summed E-state index contributed by atoms with van der Waals surface area (Å²) in [7, 11) is 0. The Kier molecular flexibility index (Phi) is 1.71. The Morgan fingerprint density at radius 1 is 1.18 bits per heavy atom. The first-order chi connectivity index (χ1) is 5.22. The van der Waals surface area contributed by atoms with Gasteiger partial charge in [-0.05, 0) is 37.5 Å². The molecule has 0 aromatic rings. The van der Waals surface area contributed by atoms with Crippen molar-refractivity contribution in [2.24, 2.45) is 11.8 Å². The molecule has 2 rings (SSSR count). The van der Waals surface area contributed by atoms with E-state index in [2.05, 4.69) is 13.8 Å². The molecule has 1 nitrogen and oxygen atoms in total. The van der Waals surface area contributed by atoms with E-state index in [1.165, 1.54) is 25.7 Å². The monoisotopic (exact) mass is 154 g/mol. The van der Waals surface area contributed by atoms with Crippen LogP contribution in [0.2, 0.25) is 0 Å². The van der Waals surface area contributed by atoms with E-state index < -0.39 is 0 Å². The molecule has 0 bridgehead atoms. The first kappa shape index (κ1) is 7.60. The second-order valence-electron chi connectivity index (χ2n) is 4.50. The second-order valence-corrected chi connectivity index (χ2v) is 4.50. The van der Waals surface area contributed by atoms with Gasteiger partial charge in [0.05, 0.1) is 5.60 Å². The topological polar surface area (TPSA) is 9.23 Å². The smallest absolute Gasteiger partial charge is 0.0688 e. The van der Waals surface area contributed by atoms with Crippen LogP contribution in [0.5, 0.6) is 0 Å². The van der Waals surface area contributed by atoms with E-state index in [1.54, 1.807) is 0 Å². The van der Waals surface area contributed by atoms with Gasteiger partial charge in [-0.25, -0.2) is 0 Å². The van der Waals surface area contributed by atoms with Crippen LogP contribution in [0.25, 0.3) is 0 Å². The maximum Gasteiger partial charge on any atom is 0.0688 e. The minimum absolute atomic E-state index is 0.332. The zero-order valence-electron chi connectivity index (χ0n) is 7.60. The van der Waals surface area contributed by atoms with Crippen molar-refractivity contribution < 1.29 is 4.74 Å². The Hall–Kier alpha value is -0.0400. The van der Waals surface area contributed by atoms with Gasteiger partial charge >= 0.3 is 0 Å². The van der Waals surface area contributed by atoms with Gasteiger partial charge in [0.25, 0.3) is 0 Å². The lowest BCUT2D eigenvalue weighted by Crippen LogP contribution is -2.23. The summed E-state index contributed by atoms with van der Waals surface area (Å²) in [6.45, 7) is 5.74. The van der Waals surface area contributed by atoms with Crippen molar-refractivity contribution in [3.05, 3.63) is 0 Å². The van der Waals surface area contributed by atoms with Crippen molar-refractivity contribution in [2.45, 2.75) is 45.1 Å². The van der Waals surface area contributed by atoms with Crippen LogP contribution in [0.1, 0.15) is 39.5 Å². The van der Waals surface area contributed by atoms with Gasteiger partial charge in [-0.2, -0.15) is 0 Å². The van der Waals surface area contributed by atoms with Crippen molar-refractivity contribution in [3.63, 3.8) is 0 Å². The Bertz CT molecular complexity index is 135. The Morgan fingerprint density at radius 3 is 2.27 bits per heavy atom. The van der Waals surface area contributed by atoms with E-state index in [1.807, 2.05) is 0 Å². The molecule has 2 unspecified atom stereocenters. The first-order valence-electron chi connectivity index (χ1n) is 4.86. The fraction of sp³-hybridized carbons (Fsp3) is 1.00. The number of ether oxygens (including phenoxy) is 1. The summed E-state index contributed by atoms with van der Waals surface area (Å²) in [5.41, 5.74) is 0.332. The minimum atomic E-state index is 0.332. The molecule has 2 aliphatic rings. The molecule has 2 fully saturated rings. The van der Waals surface area contributed by atoms with Crippen LogP contribution in [0.3, 0.4) is 0 Å². The van der Waals surface area contributed by atoms with Gasteiger partial charge in [-0.1, -0.05) is 13.8 Å². The van der Waals surface area contributed by atoms with E-state index in [9.17, 15) is 0 Å². The summed E-state index contributed by atoms with van der Waals surface area (Å²) in [6.07, 6.45) is 5.24. The standard InChI is InChI=1S/C10H18O/c1-8-6-10(7-9(8)2)4-3-5-11-10/h8-9H,3-7H2,1-2H3. The Morgan fingerprint density at radius 2 is 1.82 bits per heavy atom. The summed E-state index contributed by atoms with van der Waals surface area (Å²) < 4.78 is 5.84. The highest BCUT2D eigenvalue weighted by molar-refractivity contribution is 4.95. The van der Waals surface area contributed by atoms with E-state index in [-0.39, 0.29) is 0 Å². The van der Waals surface area contributed by atoms with Crippen molar-refractivity contribution >= 4 is 0 Å². The fourth-order valence-corrected chi connectivity index (χ4v) is 2.74. The van der Waals surface area contributed by atoms with Crippen LogP contribution >= 0.6 is 0 Å². The normalized spacial score (nSPS) is 50.7. The summed E-state index contributed by atoms with van der Waals surface area (Å²) in [5.74, 6) is 1.76. The molecule has 0 aromatic carbocycles. The van der Waals surface area contributed by atoms with Gasteiger partial charge < -0.3 is 4.74 Å². The number of hydrogen-bond acceptors (Lipinski definition) is 1. The molecule has 1 aliphatic heterocycles. The van der Waals surface area contributed by atoms with Gasteiger partial charge in [-0.15, -0.1) is 0 Å². The van der Waals surface area contributed by atoms with Crippen LogP contribution in [0.4, 0.5) is 0 Å². The lowest BCUT2D eigenvalue weighted by molar-refractivity contribution is 0.00590. The molecule has 1 aliphatic carbocycles. The molecule has 2 atom stereocenters. The third-order valence-electron chi connectivity index (χ3n) is 3.54. The van der Waals surface area contributed by atoms with Crippen molar-refractivity contribution in [2.75, 3.05) is 6.61 Å². The molecule has 11 heavy (non-hydrogen) atoms. The molecular weight excluding hydrogens is 136 g/mol. The van der Waals surface area contributed by atoms with E-state index in [0.29, 0.717) is 5.60 Å². The maximum absolute atomic E-state index is 5.84. The highest BCUT2D eigenvalue weighted by Crippen LogP contribution is 2.46. The summed E-state index contributed by atoms with van der Waals surface area (Å²) in [4.78, 5) is 0. The molecule has 64 valence electrons. The summed E-state index contributed by atoms with van der Waals surface area (Å²) in [6, 6.07) is 0. The molecular formula is C10H18O. The third kappa shape index (κ3) is 1.20. The maximum atomic E-state index is 5.84. The highest BCUT2D eigenvalue weighted by atomic mass is 16.5. The largest absolute Gasteiger partial charge is 0.375 e. The van der Waals surface area contributed by atoms with Crippen molar-refractivity contribution in [1.82, 2.24) is 0 Å². The van der Waals surface area contributed by atoms with Gasteiger partial charge in [-0.3, -0.25) is 0 Å². The molecule has 1 spiro atoms. The minimum Gasteiger partial charge on any atom is -0.375 e. The van der Waals surface area contributed by atoms with Gasteiger partial charge in [0.15, 0.2) is 0 Å². The van der Waals surface area contributed by atoms with Crippen LogP contribution in [-0.2, 0) is 4.74 Å². The summed E-state index contributed by atoms with van der Waals surface area (Å²) >= 11 is 0. The van der Waals surface area contributed by atoms with E-state index in [4.69, 9.17) is 4.74 Å². The SMILES string of the molecule is CC1CC2(CCCO2)CC1C. The van der Waals surface area contributed by atoms with Gasteiger partial charge in [0.2, 0.25) is 0 Å². The van der Waals surface area contributed by atoms with Crippen LogP contribution in [0.15, 0.2) is 0 Å². The molecule has 0 aromatic heterocycles. The molecule has 0 amide bonds. The van der Waals surface area contributed by atoms with Crippen LogP contribution in [-0.4, -0.2) is 12.2 Å². The average Bonchev–Trinajstić information content (AvgIpc) is 2.46. The third-order valence-corrected chi connectivity index (χ3v) is 3.54. The second kappa shape index (κ2) is 2.48. The molecule has 1 heteroatoms. The van der Waals surface area contributed by atoms with Crippen molar-refractivity contribution in [1.29, 1.82) is 0 Å². The Balaban J connectivity index is 2.06. The molecule has 0 radical (unpaired) electrons. The van der Waals surface area contributed by atoms with Gasteiger partial charge in [0, 0.05) is 6.61 Å². The quantitative estimate of drug-likeness (QED) is 0.521. The number of rotatable bonds is 0. The lowest BCUT2D eigenvalue weighted by atomic mass is 9.97. The first-order valence-corrected chi connectivity index (χ1v) is 4.86. The van der Waals surface area contributed by atoms with Gasteiger partial charge in [0.1, 0.15) is 0 Å². The predicted molar refractivity (Wildman–Crippen MR) is 45.5 cm³/mol. The molecule has 1 saturated carbocycles. The molecule has 1 saturated heterocycles. The Labute approximate surface area is 69.1 Å².